The molecule has 21 heavy (non-hydrogen) atoms. The molecule has 0 aromatic heterocycles. The third-order valence-corrected chi connectivity index (χ3v) is 3.16. The monoisotopic (exact) mass is 295 g/mol. The molecule has 0 radical (unpaired) electrons. The number of nitrogens with one attached hydrogen (secondary N) is 2. The van der Waals surface area contributed by atoms with Gasteiger partial charge >= 0.3 is 6.09 Å². The maximum Gasteiger partial charge on any atom is 0.404 e. The number of nitrogens with zero attached hydrogens (tertiary/aromatic N) is 1. The Morgan fingerprint density at radius 2 is 1.95 bits per heavy atom. The molecule has 0 heterocycles. The number of hydrogen-bond acceptors (Lipinski definition) is 4. The molecule has 1 rings (SSSR count). The van der Waals surface area contributed by atoms with E-state index in [0.29, 0.717) is 13.0 Å². The van der Waals surface area contributed by atoms with E-state index in [1.54, 1.807) is 0 Å². The molecule has 1 aromatic rings. The van der Waals surface area contributed by atoms with Crippen LogP contribution in [0.4, 0.5) is 4.79 Å². The first kappa shape index (κ1) is 17.4. The average molecular weight is 295 g/mol. The van der Waals surface area contributed by atoms with Crippen LogP contribution in [0.15, 0.2) is 30.3 Å². The molecule has 1 amide bonds. The van der Waals surface area contributed by atoms with Crippen LogP contribution in [0.25, 0.3) is 0 Å². The molecular formula is C15H25N3O3. The van der Waals surface area contributed by atoms with E-state index < -0.39 is 18.2 Å². The fraction of sp³-hybridized carbons (Fsp3) is 0.533. The van der Waals surface area contributed by atoms with Gasteiger partial charge in [-0.25, -0.2) is 4.79 Å². The Kier molecular flexibility index (Phi) is 7.74. The number of aliphatic hydroxyl groups is 1. The largest absolute Gasteiger partial charge is 0.465 e. The fourth-order valence-electron chi connectivity index (χ4n) is 2.00. The van der Waals surface area contributed by atoms with Crippen molar-refractivity contribution in [3.63, 3.8) is 0 Å². The number of hydrogen-bond donors (Lipinski definition) is 4. The van der Waals surface area contributed by atoms with E-state index in [9.17, 15) is 9.90 Å². The van der Waals surface area contributed by atoms with Crippen LogP contribution in [-0.4, -0.2) is 67.1 Å². The molecule has 0 bridgehead atoms. The van der Waals surface area contributed by atoms with E-state index in [-0.39, 0.29) is 0 Å². The zero-order valence-corrected chi connectivity index (χ0v) is 12.6. The fourth-order valence-corrected chi connectivity index (χ4v) is 2.00. The summed E-state index contributed by atoms with van der Waals surface area (Å²) in [5, 5.41) is 24.6. The first-order valence-corrected chi connectivity index (χ1v) is 7.06. The second-order valence-electron chi connectivity index (χ2n) is 5.32. The van der Waals surface area contributed by atoms with E-state index in [2.05, 4.69) is 10.6 Å². The van der Waals surface area contributed by atoms with E-state index in [1.165, 1.54) is 0 Å². The lowest BCUT2D eigenvalue weighted by Gasteiger charge is -2.23. The lowest BCUT2D eigenvalue weighted by molar-refractivity contribution is 0.117. The number of likely N-dealkylation sites (N-methyl/N-ethyl adjacent to an activating group) is 1. The Morgan fingerprint density at radius 3 is 2.52 bits per heavy atom. The minimum Gasteiger partial charge on any atom is -0.465 e. The van der Waals surface area contributed by atoms with Crippen molar-refractivity contribution in [2.24, 2.45) is 0 Å². The molecule has 6 nitrogen and oxygen atoms in total. The average Bonchev–Trinajstić information content (AvgIpc) is 2.43. The normalized spacial score (nSPS) is 13.9. The molecule has 2 atom stereocenters. The quantitative estimate of drug-likeness (QED) is 0.495. The number of rotatable bonds is 9. The molecule has 0 aliphatic rings. The topological polar surface area (TPSA) is 84.8 Å². The Bertz CT molecular complexity index is 412. The third kappa shape index (κ3) is 7.65. The van der Waals surface area contributed by atoms with Gasteiger partial charge in [0.1, 0.15) is 0 Å². The Balaban J connectivity index is 2.49. The van der Waals surface area contributed by atoms with Crippen LogP contribution >= 0.6 is 0 Å². The first-order chi connectivity index (χ1) is 9.99. The number of carboxylic acid groups (broad SMARTS) is 1. The minimum absolute atomic E-state index is 0.353. The predicted octanol–water partition coefficient (Wildman–Crippen LogP) is 0.377. The summed E-state index contributed by atoms with van der Waals surface area (Å²) in [5.74, 6) is 0. The second kappa shape index (κ2) is 9.33. The summed E-state index contributed by atoms with van der Waals surface area (Å²) < 4.78 is 0. The number of aliphatic hydroxyl groups excluding tert-OH is 1. The van der Waals surface area contributed by atoms with E-state index in [1.807, 2.05) is 49.3 Å². The molecule has 0 saturated carbocycles. The summed E-state index contributed by atoms with van der Waals surface area (Å²) in [6.45, 7) is 1.96. The number of carbonyl (C=O) groups is 1. The van der Waals surface area contributed by atoms with Crippen molar-refractivity contribution in [2.45, 2.75) is 18.6 Å². The van der Waals surface area contributed by atoms with Gasteiger partial charge in [-0.05, 0) is 26.1 Å². The molecule has 0 saturated heterocycles. The highest BCUT2D eigenvalue weighted by Crippen LogP contribution is 2.06. The molecule has 0 spiro atoms. The SMILES string of the molecule is CN(C)CCNC[C@H](O)[C@H](Cc1ccccc1)NC(=O)O. The smallest absolute Gasteiger partial charge is 0.404 e. The third-order valence-electron chi connectivity index (χ3n) is 3.16. The van der Waals surface area contributed by atoms with Gasteiger partial charge in [0.25, 0.3) is 0 Å². The van der Waals surface area contributed by atoms with Gasteiger partial charge in [0.2, 0.25) is 0 Å². The van der Waals surface area contributed by atoms with Gasteiger partial charge in [0.15, 0.2) is 0 Å². The maximum atomic E-state index is 10.9. The van der Waals surface area contributed by atoms with Gasteiger partial charge in [-0.1, -0.05) is 30.3 Å². The molecule has 118 valence electrons. The summed E-state index contributed by atoms with van der Waals surface area (Å²) in [6.07, 6.45) is -1.43. The van der Waals surface area contributed by atoms with Crippen LogP contribution in [0.1, 0.15) is 5.56 Å². The standard InChI is InChI=1S/C15H25N3O3/c1-18(2)9-8-16-11-14(19)13(17-15(20)21)10-12-6-4-3-5-7-12/h3-7,13-14,16-17,19H,8-11H2,1-2H3,(H,20,21)/t13-,14-/m0/s1. The zero-order valence-electron chi connectivity index (χ0n) is 12.6. The van der Waals surface area contributed by atoms with Crippen LogP contribution < -0.4 is 10.6 Å². The summed E-state index contributed by atoms with van der Waals surface area (Å²) in [4.78, 5) is 12.9. The van der Waals surface area contributed by atoms with Crippen molar-refractivity contribution >= 4 is 6.09 Å². The van der Waals surface area contributed by atoms with Crippen LogP contribution in [0.2, 0.25) is 0 Å². The van der Waals surface area contributed by atoms with Crippen molar-refractivity contribution in [2.75, 3.05) is 33.7 Å². The van der Waals surface area contributed by atoms with Crippen LogP contribution in [0.5, 0.6) is 0 Å². The molecule has 4 N–H and O–H groups in total. The summed E-state index contributed by atoms with van der Waals surface area (Å²) in [5.41, 5.74) is 0.989. The lowest BCUT2D eigenvalue weighted by Crippen LogP contribution is -2.48. The van der Waals surface area contributed by atoms with Gasteiger partial charge in [-0.3, -0.25) is 0 Å². The second-order valence-corrected chi connectivity index (χ2v) is 5.32. The summed E-state index contributed by atoms with van der Waals surface area (Å²) in [7, 11) is 3.95. The first-order valence-electron chi connectivity index (χ1n) is 7.06. The minimum atomic E-state index is -1.12. The van der Waals surface area contributed by atoms with E-state index in [4.69, 9.17) is 5.11 Å². The Labute approximate surface area is 125 Å². The summed E-state index contributed by atoms with van der Waals surface area (Å²) in [6, 6.07) is 9.01. The highest BCUT2D eigenvalue weighted by atomic mass is 16.4. The molecule has 0 fully saturated rings. The lowest BCUT2D eigenvalue weighted by atomic mass is 10.0. The highest BCUT2D eigenvalue weighted by Gasteiger charge is 2.21. The van der Waals surface area contributed by atoms with Gasteiger partial charge in [-0.2, -0.15) is 0 Å². The van der Waals surface area contributed by atoms with E-state index >= 15 is 0 Å². The van der Waals surface area contributed by atoms with Crippen molar-refractivity contribution in [3.05, 3.63) is 35.9 Å². The number of amides is 1. The highest BCUT2D eigenvalue weighted by molar-refractivity contribution is 5.65. The predicted molar refractivity (Wildman–Crippen MR) is 82.5 cm³/mol. The van der Waals surface area contributed by atoms with Gasteiger partial charge in [0, 0.05) is 19.6 Å². The van der Waals surface area contributed by atoms with Crippen LogP contribution in [-0.2, 0) is 6.42 Å². The van der Waals surface area contributed by atoms with Crippen molar-refractivity contribution in [3.8, 4) is 0 Å². The van der Waals surface area contributed by atoms with Gasteiger partial charge < -0.3 is 25.7 Å². The maximum absolute atomic E-state index is 10.9. The Hall–Kier alpha value is -1.63. The van der Waals surface area contributed by atoms with Crippen molar-refractivity contribution in [1.29, 1.82) is 0 Å². The van der Waals surface area contributed by atoms with Crippen LogP contribution in [0, 0.1) is 0 Å². The number of benzene rings is 1. The molecule has 0 aliphatic carbocycles. The molecular weight excluding hydrogens is 270 g/mol. The van der Waals surface area contributed by atoms with Crippen LogP contribution in [0.3, 0.4) is 0 Å². The summed E-state index contributed by atoms with van der Waals surface area (Å²) >= 11 is 0. The Morgan fingerprint density at radius 1 is 1.29 bits per heavy atom. The van der Waals surface area contributed by atoms with Crippen molar-refractivity contribution < 1.29 is 15.0 Å². The molecule has 6 heteroatoms. The molecule has 0 aliphatic heterocycles. The van der Waals surface area contributed by atoms with Crippen molar-refractivity contribution in [1.82, 2.24) is 15.5 Å². The van der Waals surface area contributed by atoms with E-state index in [0.717, 1.165) is 18.7 Å². The zero-order chi connectivity index (χ0) is 15.7. The molecule has 1 aromatic carbocycles. The van der Waals surface area contributed by atoms with Gasteiger partial charge in [-0.15, -0.1) is 0 Å². The van der Waals surface area contributed by atoms with Gasteiger partial charge in [0.05, 0.1) is 12.1 Å². The molecule has 0 unspecified atom stereocenters.